The summed E-state index contributed by atoms with van der Waals surface area (Å²) in [7, 11) is 1.67. The zero-order valence-electron chi connectivity index (χ0n) is 15.9. The number of alkyl halides is 2. The molecule has 1 fully saturated rings. The molecule has 2 aromatic carbocycles. The van der Waals surface area contributed by atoms with Gasteiger partial charge in [0.05, 0.1) is 5.69 Å². The topological polar surface area (TPSA) is 48.9 Å². The molecule has 1 saturated heterocycles. The molecule has 1 atom stereocenters. The Hall–Kier alpha value is -2.17. The van der Waals surface area contributed by atoms with E-state index in [2.05, 4.69) is 20.4 Å². The van der Waals surface area contributed by atoms with Crippen LogP contribution in [0.25, 0.3) is 0 Å². The number of guanidine groups is 1. The van der Waals surface area contributed by atoms with E-state index < -0.39 is 6.61 Å². The molecule has 2 N–H and O–H groups in total. The number of nitrogens with one attached hydrogen (secondary N) is 2. The van der Waals surface area contributed by atoms with Crippen molar-refractivity contribution in [1.82, 2.24) is 10.6 Å². The number of benzene rings is 2. The van der Waals surface area contributed by atoms with Gasteiger partial charge >= 0.3 is 6.61 Å². The van der Waals surface area contributed by atoms with E-state index in [1.165, 1.54) is 12.1 Å². The summed E-state index contributed by atoms with van der Waals surface area (Å²) >= 11 is 0. The van der Waals surface area contributed by atoms with Crippen molar-refractivity contribution in [3.63, 3.8) is 0 Å². The highest BCUT2D eigenvalue weighted by Gasteiger charge is 2.26. The molecule has 0 amide bonds. The van der Waals surface area contributed by atoms with Crippen LogP contribution in [0.5, 0.6) is 5.75 Å². The minimum absolute atomic E-state index is 0. The number of hydrogen-bond donors (Lipinski definition) is 2. The van der Waals surface area contributed by atoms with Gasteiger partial charge in [-0.2, -0.15) is 8.78 Å². The highest BCUT2D eigenvalue weighted by Crippen LogP contribution is 2.31. The van der Waals surface area contributed by atoms with E-state index in [-0.39, 0.29) is 41.6 Å². The second-order valence-corrected chi connectivity index (χ2v) is 6.48. The maximum absolute atomic E-state index is 13.3. The van der Waals surface area contributed by atoms with E-state index in [0.29, 0.717) is 31.3 Å². The Morgan fingerprint density at radius 1 is 1.24 bits per heavy atom. The molecular weight excluding hydrogens is 496 g/mol. The van der Waals surface area contributed by atoms with Gasteiger partial charge in [0.2, 0.25) is 0 Å². The summed E-state index contributed by atoms with van der Waals surface area (Å²) in [6, 6.07) is 13.3. The maximum atomic E-state index is 13.3. The molecule has 0 aliphatic carbocycles. The van der Waals surface area contributed by atoms with Crippen LogP contribution in [0.3, 0.4) is 0 Å². The predicted molar refractivity (Wildman–Crippen MR) is 119 cm³/mol. The van der Waals surface area contributed by atoms with Gasteiger partial charge in [-0.05, 0) is 36.2 Å². The van der Waals surface area contributed by atoms with E-state index in [1.807, 2.05) is 11.0 Å². The molecule has 0 saturated carbocycles. The summed E-state index contributed by atoms with van der Waals surface area (Å²) in [6.07, 6.45) is 0.823. The summed E-state index contributed by atoms with van der Waals surface area (Å²) < 4.78 is 43.2. The fourth-order valence-corrected chi connectivity index (χ4v) is 3.23. The first kappa shape index (κ1) is 23.1. The molecule has 158 valence electrons. The van der Waals surface area contributed by atoms with Gasteiger partial charge in [-0.3, -0.25) is 4.99 Å². The Bertz CT molecular complexity index is 822. The molecule has 9 heteroatoms. The third-order valence-corrected chi connectivity index (χ3v) is 4.52. The zero-order chi connectivity index (χ0) is 19.9. The Morgan fingerprint density at radius 2 is 2.03 bits per heavy atom. The van der Waals surface area contributed by atoms with Crippen molar-refractivity contribution in [2.45, 2.75) is 25.6 Å². The van der Waals surface area contributed by atoms with Crippen molar-refractivity contribution >= 4 is 35.6 Å². The molecule has 2 aromatic rings. The molecule has 0 spiro atoms. The minimum Gasteiger partial charge on any atom is -0.433 e. The highest BCUT2D eigenvalue weighted by molar-refractivity contribution is 14.0. The summed E-state index contributed by atoms with van der Waals surface area (Å²) in [4.78, 5) is 6.21. The van der Waals surface area contributed by atoms with E-state index in [9.17, 15) is 13.2 Å². The number of hydrogen-bond acceptors (Lipinski definition) is 3. The molecule has 1 heterocycles. The minimum atomic E-state index is -2.86. The van der Waals surface area contributed by atoms with Gasteiger partial charge in [0, 0.05) is 32.7 Å². The van der Waals surface area contributed by atoms with Crippen molar-refractivity contribution in [3.8, 4) is 5.75 Å². The van der Waals surface area contributed by atoms with Crippen molar-refractivity contribution < 1.29 is 17.9 Å². The lowest BCUT2D eigenvalue weighted by molar-refractivity contribution is -0.0495. The van der Waals surface area contributed by atoms with Crippen molar-refractivity contribution in [1.29, 1.82) is 0 Å². The lowest BCUT2D eigenvalue weighted by Gasteiger charge is -2.22. The average molecular weight is 520 g/mol. The Morgan fingerprint density at radius 3 is 2.76 bits per heavy atom. The number of ether oxygens (including phenoxy) is 1. The van der Waals surface area contributed by atoms with Gasteiger partial charge in [0.15, 0.2) is 5.96 Å². The summed E-state index contributed by atoms with van der Waals surface area (Å²) in [5, 5.41) is 6.49. The second kappa shape index (κ2) is 11.1. The quantitative estimate of drug-likeness (QED) is 0.344. The Balaban J connectivity index is 0.00000300. The average Bonchev–Trinajstić information content (AvgIpc) is 3.13. The van der Waals surface area contributed by atoms with E-state index in [4.69, 9.17) is 0 Å². The SMILES string of the molecule is CN=C(NCc1cccc(F)c1)NC1CCN(c2ccccc2OC(F)F)C1.I. The molecule has 0 bridgehead atoms. The summed E-state index contributed by atoms with van der Waals surface area (Å²) in [6.45, 7) is -1.07. The Kier molecular flexibility index (Phi) is 8.87. The lowest BCUT2D eigenvalue weighted by atomic mass is 10.2. The monoisotopic (exact) mass is 520 g/mol. The van der Waals surface area contributed by atoms with Crippen molar-refractivity contribution in [2.24, 2.45) is 4.99 Å². The standard InChI is InChI=1S/C20H23F3N4O.HI/c1-24-20(25-12-14-5-4-6-15(21)11-14)26-16-9-10-27(13-16)17-7-2-3-8-18(17)28-19(22)23;/h2-8,11,16,19H,9-10,12-13H2,1H3,(H2,24,25,26);1H. The molecule has 1 aliphatic heterocycles. The second-order valence-electron chi connectivity index (χ2n) is 6.48. The van der Waals surface area contributed by atoms with Crippen LogP contribution in [0.2, 0.25) is 0 Å². The van der Waals surface area contributed by atoms with Crippen molar-refractivity contribution in [2.75, 3.05) is 25.0 Å². The maximum Gasteiger partial charge on any atom is 0.387 e. The van der Waals surface area contributed by atoms with Crippen LogP contribution >= 0.6 is 24.0 Å². The molecule has 0 radical (unpaired) electrons. The molecule has 29 heavy (non-hydrogen) atoms. The van der Waals surface area contributed by atoms with Crippen LogP contribution in [0.15, 0.2) is 53.5 Å². The van der Waals surface area contributed by atoms with Gasteiger partial charge in [-0.1, -0.05) is 24.3 Å². The lowest BCUT2D eigenvalue weighted by Crippen LogP contribution is -2.44. The van der Waals surface area contributed by atoms with Gasteiger partial charge in [-0.25, -0.2) is 4.39 Å². The molecule has 3 rings (SSSR count). The highest BCUT2D eigenvalue weighted by atomic mass is 127. The number of nitrogens with zero attached hydrogens (tertiary/aromatic N) is 2. The predicted octanol–water partition coefficient (Wildman–Crippen LogP) is 3.99. The van der Waals surface area contributed by atoms with Crippen LogP contribution < -0.4 is 20.3 Å². The zero-order valence-corrected chi connectivity index (χ0v) is 18.3. The third-order valence-electron chi connectivity index (χ3n) is 4.52. The smallest absolute Gasteiger partial charge is 0.387 e. The van der Waals surface area contributed by atoms with Crippen LogP contribution in [-0.4, -0.2) is 38.8 Å². The summed E-state index contributed by atoms with van der Waals surface area (Å²) in [5.74, 6) is 0.498. The van der Waals surface area contributed by atoms with Crippen LogP contribution in [0.4, 0.5) is 18.9 Å². The van der Waals surface area contributed by atoms with E-state index >= 15 is 0 Å². The molecular formula is C20H24F3IN4O. The number of aliphatic imine (C=N–C) groups is 1. The number of halogens is 4. The molecule has 5 nitrogen and oxygen atoms in total. The van der Waals surface area contributed by atoms with Crippen molar-refractivity contribution in [3.05, 3.63) is 59.9 Å². The van der Waals surface area contributed by atoms with Gasteiger partial charge in [0.1, 0.15) is 11.6 Å². The number of para-hydroxylation sites is 2. The fraction of sp³-hybridized carbons (Fsp3) is 0.350. The molecule has 0 aromatic heterocycles. The third kappa shape index (κ3) is 6.69. The van der Waals surface area contributed by atoms with Gasteiger partial charge < -0.3 is 20.3 Å². The van der Waals surface area contributed by atoms with E-state index in [1.54, 1.807) is 37.4 Å². The number of anilines is 1. The Labute approximate surface area is 185 Å². The van der Waals surface area contributed by atoms with Crippen LogP contribution in [0, 0.1) is 5.82 Å². The molecule has 1 unspecified atom stereocenters. The van der Waals surface area contributed by atoms with Gasteiger partial charge in [-0.15, -0.1) is 24.0 Å². The normalized spacial score (nSPS) is 16.5. The van der Waals surface area contributed by atoms with E-state index in [0.717, 1.165) is 12.0 Å². The first-order chi connectivity index (χ1) is 13.5. The number of rotatable bonds is 6. The first-order valence-corrected chi connectivity index (χ1v) is 9.05. The largest absolute Gasteiger partial charge is 0.433 e. The molecule has 1 aliphatic rings. The van der Waals surface area contributed by atoms with Crippen LogP contribution in [-0.2, 0) is 6.54 Å². The fourth-order valence-electron chi connectivity index (χ4n) is 3.23. The van der Waals surface area contributed by atoms with Gasteiger partial charge in [0.25, 0.3) is 0 Å². The summed E-state index contributed by atoms with van der Waals surface area (Å²) in [5.41, 5.74) is 1.46. The first-order valence-electron chi connectivity index (χ1n) is 9.05. The van der Waals surface area contributed by atoms with Crippen LogP contribution in [0.1, 0.15) is 12.0 Å².